The largest absolute Gasteiger partial charge is 0.375 e. The maximum absolute atomic E-state index is 14.4. The lowest BCUT2D eigenvalue weighted by atomic mass is 10.1. The average Bonchev–Trinajstić information content (AvgIpc) is 3.62. The second-order valence-electron chi connectivity index (χ2n) is 9.91. The number of aromatic amines is 1. The quantitative estimate of drug-likeness (QED) is 0.278. The fourth-order valence-electron chi connectivity index (χ4n) is 4.21. The summed E-state index contributed by atoms with van der Waals surface area (Å²) in [6.45, 7) is 21.8. The highest BCUT2D eigenvalue weighted by Crippen LogP contribution is 2.24. The van der Waals surface area contributed by atoms with Crippen LogP contribution in [0.1, 0.15) is 101 Å². The Morgan fingerprint density at radius 2 is 1.77 bits per heavy atom. The van der Waals surface area contributed by atoms with E-state index in [2.05, 4.69) is 45.9 Å². The smallest absolute Gasteiger partial charge is 0.243 e. The molecule has 0 radical (unpaired) electrons. The number of hydrogen-bond donors (Lipinski definition) is 3. The molecule has 0 bridgehead atoms. The van der Waals surface area contributed by atoms with Gasteiger partial charge < -0.3 is 20.5 Å². The van der Waals surface area contributed by atoms with Gasteiger partial charge in [0.25, 0.3) is 0 Å². The van der Waals surface area contributed by atoms with Crippen molar-refractivity contribution < 1.29 is 16.8 Å². The van der Waals surface area contributed by atoms with Gasteiger partial charge in [0.2, 0.25) is 11.8 Å². The van der Waals surface area contributed by atoms with Crippen LogP contribution in [0, 0.1) is 18.7 Å². The van der Waals surface area contributed by atoms with Crippen LogP contribution in [0.3, 0.4) is 0 Å². The maximum Gasteiger partial charge on any atom is 0.243 e. The van der Waals surface area contributed by atoms with E-state index in [9.17, 15) is 14.0 Å². The molecule has 222 valence electrons. The summed E-state index contributed by atoms with van der Waals surface area (Å²) in [5, 5.41) is 5.86. The highest BCUT2D eigenvalue weighted by atomic mass is 19.1. The van der Waals surface area contributed by atoms with Crippen molar-refractivity contribution in [1.82, 2.24) is 25.5 Å². The molecule has 39 heavy (non-hydrogen) atoms. The Morgan fingerprint density at radius 3 is 2.36 bits per heavy atom. The van der Waals surface area contributed by atoms with Crippen molar-refractivity contribution in [3.8, 4) is 11.3 Å². The van der Waals surface area contributed by atoms with Crippen LogP contribution >= 0.6 is 0 Å². The molecule has 0 unspecified atom stereocenters. The van der Waals surface area contributed by atoms with Gasteiger partial charge in [0.15, 0.2) is 0 Å². The number of aryl methyl sites for hydroxylation is 1. The van der Waals surface area contributed by atoms with Crippen LogP contribution in [0.4, 0.5) is 4.39 Å². The van der Waals surface area contributed by atoms with Gasteiger partial charge in [-0.3, -0.25) is 9.59 Å². The zero-order chi connectivity index (χ0) is 29.5. The van der Waals surface area contributed by atoms with Crippen LogP contribution in [-0.4, -0.2) is 45.8 Å². The molecule has 2 atom stereocenters. The molecule has 1 fully saturated rings. The molecule has 0 spiro atoms. The van der Waals surface area contributed by atoms with Crippen molar-refractivity contribution in [2.75, 3.05) is 13.1 Å². The summed E-state index contributed by atoms with van der Waals surface area (Å²) >= 11 is 0. The number of benzene rings is 1. The molecule has 1 aliphatic heterocycles. The van der Waals surface area contributed by atoms with Gasteiger partial charge in [-0.15, -0.1) is 0 Å². The van der Waals surface area contributed by atoms with Crippen molar-refractivity contribution in [2.24, 2.45) is 5.92 Å². The molecule has 2 amide bonds. The van der Waals surface area contributed by atoms with E-state index in [1.165, 1.54) is 6.07 Å². The Balaban J connectivity index is 0. The standard InChI is InChI=1S/C27H38FN5O2.2C2H6.2H2/c1-17(2)8-11-25(34)31-23(15-19(4)33-12-6-7-13-33)27(35)30-20(5)26-29-16-24(32-26)21-10-9-18(3)14-22(21)28;2*1-2;;/h9-10,14,16-17,20,23H,4,6-8,11-13,15H2,1-3,5H3,(H,29,32)(H,30,35)(H,31,34);2*1-2H3;2*1H/t20-,23-;;;;/m0..../s1. The monoisotopic (exact) mass is 547 g/mol. The number of aromatic nitrogens is 2. The highest BCUT2D eigenvalue weighted by molar-refractivity contribution is 5.88. The van der Waals surface area contributed by atoms with Gasteiger partial charge in [-0.1, -0.05) is 54.2 Å². The van der Waals surface area contributed by atoms with Gasteiger partial charge in [0.1, 0.15) is 17.7 Å². The first-order valence-corrected chi connectivity index (χ1v) is 14.5. The molecular formula is C31H54FN5O2. The number of nitrogens with one attached hydrogen (secondary N) is 3. The van der Waals surface area contributed by atoms with Crippen LogP contribution in [0.2, 0.25) is 0 Å². The summed E-state index contributed by atoms with van der Waals surface area (Å²) < 4.78 is 14.4. The summed E-state index contributed by atoms with van der Waals surface area (Å²) in [6, 6.07) is 3.83. The molecule has 1 saturated heterocycles. The maximum atomic E-state index is 14.4. The number of carbonyl (C=O) groups is 2. The SMILES string of the molecule is C=C(C[C@H](NC(=O)CCC(C)C)C(=O)N[C@@H](C)c1ncc(-c2ccc(C)cc2F)[nH]1)N1CCCC1.CC.CC.[HH].[HH]. The van der Waals surface area contributed by atoms with Gasteiger partial charge in [-0.25, -0.2) is 9.37 Å². The molecule has 3 rings (SSSR count). The van der Waals surface area contributed by atoms with Gasteiger partial charge in [-0.05, 0) is 56.7 Å². The number of rotatable bonds is 11. The fourth-order valence-corrected chi connectivity index (χ4v) is 4.21. The lowest BCUT2D eigenvalue weighted by Crippen LogP contribution is -2.48. The van der Waals surface area contributed by atoms with Gasteiger partial charge in [0, 0.05) is 40.0 Å². The minimum Gasteiger partial charge on any atom is -0.375 e. The first-order chi connectivity index (χ1) is 18.6. The number of halogens is 1. The number of H-pyrrole nitrogens is 1. The van der Waals surface area contributed by atoms with Crippen LogP contribution in [0.25, 0.3) is 11.3 Å². The zero-order valence-electron chi connectivity index (χ0n) is 25.3. The molecular weight excluding hydrogens is 493 g/mol. The Hall–Kier alpha value is -3.16. The van der Waals surface area contributed by atoms with Crippen molar-refractivity contribution in [1.29, 1.82) is 0 Å². The Morgan fingerprint density at radius 1 is 1.13 bits per heavy atom. The van der Waals surface area contributed by atoms with Gasteiger partial charge in [-0.2, -0.15) is 0 Å². The molecule has 0 saturated carbocycles. The van der Waals surface area contributed by atoms with Crippen molar-refractivity contribution in [3.05, 3.63) is 53.9 Å². The van der Waals surface area contributed by atoms with Crippen LogP contribution in [0.5, 0.6) is 0 Å². The number of carbonyl (C=O) groups excluding carboxylic acids is 2. The third kappa shape index (κ3) is 10.9. The van der Waals surface area contributed by atoms with Gasteiger partial charge >= 0.3 is 0 Å². The highest BCUT2D eigenvalue weighted by Gasteiger charge is 2.26. The normalized spacial score (nSPS) is 13.9. The van der Waals surface area contributed by atoms with E-state index in [0.717, 1.165) is 43.6 Å². The Kier molecular flexibility index (Phi) is 15.1. The average molecular weight is 548 g/mol. The van der Waals surface area contributed by atoms with E-state index >= 15 is 0 Å². The second kappa shape index (κ2) is 17.4. The van der Waals surface area contributed by atoms with Crippen molar-refractivity contribution in [3.63, 3.8) is 0 Å². The molecule has 2 aromatic rings. The first-order valence-electron chi connectivity index (χ1n) is 14.5. The Bertz CT molecular complexity index is 1050. The lowest BCUT2D eigenvalue weighted by Gasteiger charge is -2.26. The minimum absolute atomic E-state index is 0. The lowest BCUT2D eigenvalue weighted by molar-refractivity contribution is -0.129. The molecule has 8 heteroatoms. The molecule has 1 aromatic heterocycles. The zero-order valence-corrected chi connectivity index (χ0v) is 25.3. The van der Waals surface area contributed by atoms with E-state index in [-0.39, 0.29) is 20.5 Å². The van der Waals surface area contributed by atoms with Gasteiger partial charge in [0.05, 0.1) is 17.9 Å². The third-order valence-corrected chi connectivity index (χ3v) is 6.37. The first kappa shape index (κ1) is 33.9. The molecule has 7 nitrogen and oxygen atoms in total. The van der Waals surface area contributed by atoms with Crippen molar-refractivity contribution in [2.45, 2.75) is 99.6 Å². The molecule has 1 aliphatic rings. The van der Waals surface area contributed by atoms with Crippen LogP contribution in [-0.2, 0) is 9.59 Å². The van der Waals surface area contributed by atoms with E-state index in [4.69, 9.17) is 0 Å². The number of imidazole rings is 1. The fraction of sp³-hybridized carbons (Fsp3) is 0.581. The van der Waals surface area contributed by atoms with E-state index in [1.54, 1.807) is 19.2 Å². The summed E-state index contributed by atoms with van der Waals surface area (Å²) in [4.78, 5) is 35.4. The van der Waals surface area contributed by atoms with Crippen molar-refractivity contribution >= 4 is 11.8 Å². The number of amides is 2. The number of nitrogens with zero attached hydrogens (tertiary/aromatic N) is 2. The third-order valence-electron chi connectivity index (χ3n) is 6.37. The summed E-state index contributed by atoms with van der Waals surface area (Å²) in [5.74, 6) is 0.142. The van der Waals surface area contributed by atoms with Crippen LogP contribution < -0.4 is 10.6 Å². The van der Waals surface area contributed by atoms with E-state index < -0.39 is 12.1 Å². The van der Waals surface area contributed by atoms with E-state index in [1.807, 2.05) is 40.7 Å². The number of hydrogen-bond acceptors (Lipinski definition) is 4. The second-order valence-corrected chi connectivity index (χ2v) is 9.91. The number of likely N-dealkylation sites (tertiary alicyclic amines) is 1. The van der Waals surface area contributed by atoms with E-state index in [0.29, 0.717) is 35.8 Å². The molecule has 0 aliphatic carbocycles. The topological polar surface area (TPSA) is 90.1 Å². The summed E-state index contributed by atoms with van der Waals surface area (Å²) in [7, 11) is 0. The molecule has 3 N–H and O–H groups in total. The molecule has 2 heterocycles. The predicted octanol–water partition coefficient (Wildman–Crippen LogP) is 7.17. The predicted molar refractivity (Wildman–Crippen MR) is 163 cm³/mol. The minimum atomic E-state index is -0.728. The Labute approximate surface area is 238 Å². The molecule has 1 aromatic carbocycles. The summed E-state index contributed by atoms with van der Waals surface area (Å²) in [6.07, 6.45) is 5.26. The summed E-state index contributed by atoms with van der Waals surface area (Å²) in [5.41, 5.74) is 2.66. The van der Waals surface area contributed by atoms with Crippen LogP contribution in [0.15, 0.2) is 36.7 Å².